The van der Waals surface area contributed by atoms with E-state index in [4.69, 9.17) is 11.6 Å². The van der Waals surface area contributed by atoms with Crippen LogP contribution in [-0.4, -0.2) is 40.1 Å². The van der Waals surface area contributed by atoms with Crippen molar-refractivity contribution < 1.29 is 19.5 Å². The van der Waals surface area contributed by atoms with Crippen molar-refractivity contribution in [1.82, 2.24) is 15.5 Å². The third-order valence-corrected chi connectivity index (χ3v) is 6.21. The topological polar surface area (TPSA) is 111 Å². The number of nitrogens with one attached hydrogen (secondary N) is 3. The molecular weight excluding hydrogens is 432 g/mol. The van der Waals surface area contributed by atoms with Gasteiger partial charge in [0.1, 0.15) is 6.04 Å². The number of aliphatic hydroxyl groups excluding tert-OH is 1. The summed E-state index contributed by atoms with van der Waals surface area (Å²) in [5.74, 6) is -0.914. The summed E-state index contributed by atoms with van der Waals surface area (Å²) in [6.07, 6.45) is 0.326. The number of rotatable bonds is 6. The lowest BCUT2D eigenvalue weighted by Crippen LogP contribution is -2.46. The van der Waals surface area contributed by atoms with Crippen molar-refractivity contribution >= 4 is 35.0 Å². The highest BCUT2D eigenvalue weighted by Gasteiger charge is 2.37. The average molecular weight is 457 g/mol. The number of anilines is 1. The lowest BCUT2D eigenvalue weighted by Gasteiger charge is -2.24. The Morgan fingerprint density at radius 2 is 2.03 bits per heavy atom. The van der Waals surface area contributed by atoms with Crippen molar-refractivity contribution in [2.45, 2.75) is 51.7 Å². The van der Waals surface area contributed by atoms with Gasteiger partial charge in [-0.1, -0.05) is 29.8 Å². The number of imide groups is 1. The van der Waals surface area contributed by atoms with Gasteiger partial charge < -0.3 is 15.3 Å². The molecule has 2 heterocycles. The van der Waals surface area contributed by atoms with E-state index in [-0.39, 0.29) is 18.2 Å². The van der Waals surface area contributed by atoms with Crippen molar-refractivity contribution in [3.63, 3.8) is 0 Å². The maximum Gasteiger partial charge on any atom is 0.255 e. The molecule has 1 saturated heterocycles. The summed E-state index contributed by atoms with van der Waals surface area (Å²) in [5, 5.41) is 19.1. The molecule has 0 radical (unpaired) electrons. The Bertz CT molecular complexity index is 1070. The first-order chi connectivity index (χ1) is 15.3. The lowest BCUT2D eigenvalue weighted by atomic mass is 10.1. The SMILES string of the molecule is Cc1ccc(NC(O)NCc2ccc3c(c2)CN([C@H]2CCCC(=O)NC2=O)C3=O)cc1Cl. The first-order valence-corrected chi connectivity index (χ1v) is 10.9. The van der Waals surface area contributed by atoms with E-state index < -0.39 is 18.3 Å². The fourth-order valence-corrected chi connectivity index (χ4v) is 4.21. The normalized spacial score (nSPS) is 19.4. The molecule has 2 atom stereocenters. The summed E-state index contributed by atoms with van der Waals surface area (Å²) in [7, 11) is 0. The van der Waals surface area contributed by atoms with Crippen LogP contribution in [0.3, 0.4) is 0 Å². The van der Waals surface area contributed by atoms with Crippen LogP contribution in [0.1, 0.15) is 46.3 Å². The molecule has 168 valence electrons. The average Bonchev–Trinajstić information content (AvgIpc) is 2.97. The second-order valence-corrected chi connectivity index (χ2v) is 8.54. The Labute approximate surface area is 190 Å². The molecule has 0 bridgehead atoms. The monoisotopic (exact) mass is 456 g/mol. The molecular formula is C23H25ClN4O4. The number of aryl methyl sites for hydroxylation is 1. The highest BCUT2D eigenvalue weighted by Crippen LogP contribution is 2.28. The van der Waals surface area contributed by atoms with Gasteiger partial charge in [0.25, 0.3) is 5.91 Å². The van der Waals surface area contributed by atoms with Gasteiger partial charge in [-0.2, -0.15) is 0 Å². The van der Waals surface area contributed by atoms with E-state index in [2.05, 4.69) is 16.0 Å². The number of carbonyl (C=O) groups excluding carboxylic acids is 3. The van der Waals surface area contributed by atoms with E-state index in [0.717, 1.165) is 16.7 Å². The summed E-state index contributed by atoms with van der Waals surface area (Å²) in [5.41, 5.74) is 3.92. The molecule has 2 aliphatic heterocycles. The Kier molecular flexibility index (Phi) is 6.45. The third kappa shape index (κ3) is 4.77. The minimum Gasteiger partial charge on any atom is -0.361 e. The fourth-order valence-electron chi connectivity index (χ4n) is 4.03. The quantitative estimate of drug-likeness (QED) is 0.392. The Morgan fingerprint density at radius 3 is 2.81 bits per heavy atom. The lowest BCUT2D eigenvalue weighted by molar-refractivity contribution is -0.132. The summed E-state index contributed by atoms with van der Waals surface area (Å²) in [6.45, 7) is 2.59. The van der Waals surface area contributed by atoms with E-state index in [9.17, 15) is 19.5 Å². The third-order valence-electron chi connectivity index (χ3n) is 5.80. The molecule has 0 spiro atoms. The Balaban J connectivity index is 1.38. The summed E-state index contributed by atoms with van der Waals surface area (Å²) >= 11 is 6.11. The number of fused-ring (bicyclic) bond motifs is 1. The Morgan fingerprint density at radius 1 is 1.22 bits per heavy atom. The largest absolute Gasteiger partial charge is 0.361 e. The van der Waals surface area contributed by atoms with Gasteiger partial charge in [0, 0.05) is 35.8 Å². The van der Waals surface area contributed by atoms with Crippen LogP contribution in [0.2, 0.25) is 5.02 Å². The predicted octanol–water partition coefficient (Wildman–Crippen LogP) is 2.28. The van der Waals surface area contributed by atoms with Crippen LogP contribution < -0.4 is 16.0 Å². The molecule has 2 aliphatic rings. The second kappa shape index (κ2) is 9.28. The Hall–Kier alpha value is -2.94. The van der Waals surface area contributed by atoms with E-state index in [0.29, 0.717) is 42.2 Å². The first-order valence-electron chi connectivity index (χ1n) is 10.5. The number of halogens is 1. The smallest absolute Gasteiger partial charge is 0.255 e. The zero-order valence-electron chi connectivity index (χ0n) is 17.7. The molecule has 8 nitrogen and oxygen atoms in total. The molecule has 3 amide bonds. The van der Waals surface area contributed by atoms with Gasteiger partial charge in [0.15, 0.2) is 6.35 Å². The number of carbonyl (C=O) groups is 3. The molecule has 0 saturated carbocycles. The van der Waals surface area contributed by atoms with Gasteiger partial charge in [-0.05, 0) is 54.7 Å². The number of aliphatic hydroxyl groups is 1. The fraction of sp³-hybridized carbons (Fsp3) is 0.348. The highest BCUT2D eigenvalue weighted by molar-refractivity contribution is 6.31. The van der Waals surface area contributed by atoms with Crippen LogP contribution in [-0.2, 0) is 22.7 Å². The molecule has 1 unspecified atom stereocenters. The van der Waals surface area contributed by atoms with E-state index >= 15 is 0 Å². The predicted molar refractivity (Wildman–Crippen MR) is 120 cm³/mol. The molecule has 0 aliphatic carbocycles. The van der Waals surface area contributed by atoms with Gasteiger partial charge in [0.05, 0.1) is 0 Å². The standard InChI is InChI=1S/C23H25ClN4O4/c1-13-5-7-16(10-18(13)24)26-23(32)25-11-14-6-8-17-15(9-14)12-28(22(17)31)19-3-2-4-20(29)27-21(19)30/h5-10,19,23,25-26,32H,2-4,11-12H2,1H3,(H,27,29,30)/t19-,23?/m0/s1. The molecule has 2 aromatic carbocycles. The number of hydrogen-bond donors (Lipinski definition) is 4. The summed E-state index contributed by atoms with van der Waals surface area (Å²) in [6, 6.07) is 10.3. The van der Waals surface area contributed by atoms with Gasteiger partial charge in [-0.3, -0.25) is 25.0 Å². The van der Waals surface area contributed by atoms with Crippen molar-refractivity contribution in [1.29, 1.82) is 0 Å². The maximum absolute atomic E-state index is 12.9. The van der Waals surface area contributed by atoms with E-state index in [1.54, 1.807) is 12.1 Å². The second-order valence-electron chi connectivity index (χ2n) is 8.14. The number of benzene rings is 2. The highest BCUT2D eigenvalue weighted by atomic mass is 35.5. The minimum absolute atomic E-state index is 0.202. The summed E-state index contributed by atoms with van der Waals surface area (Å²) in [4.78, 5) is 38.3. The zero-order valence-corrected chi connectivity index (χ0v) is 18.4. The molecule has 32 heavy (non-hydrogen) atoms. The molecule has 9 heteroatoms. The van der Waals surface area contributed by atoms with Crippen LogP contribution in [0.25, 0.3) is 0 Å². The summed E-state index contributed by atoms with van der Waals surface area (Å²) < 4.78 is 0. The van der Waals surface area contributed by atoms with Gasteiger partial charge in [-0.15, -0.1) is 0 Å². The van der Waals surface area contributed by atoms with E-state index in [1.807, 2.05) is 31.2 Å². The molecule has 0 aromatic heterocycles. The van der Waals surface area contributed by atoms with Crippen LogP contribution in [0.15, 0.2) is 36.4 Å². The molecule has 4 rings (SSSR count). The minimum atomic E-state index is -0.993. The first kappa shape index (κ1) is 22.3. The van der Waals surface area contributed by atoms with Crippen LogP contribution in [0.5, 0.6) is 0 Å². The van der Waals surface area contributed by atoms with Crippen molar-refractivity contribution in [3.8, 4) is 0 Å². The maximum atomic E-state index is 12.9. The van der Waals surface area contributed by atoms with Crippen LogP contribution in [0.4, 0.5) is 5.69 Å². The van der Waals surface area contributed by atoms with Crippen LogP contribution in [0, 0.1) is 6.92 Å². The van der Waals surface area contributed by atoms with Crippen molar-refractivity contribution in [3.05, 3.63) is 63.7 Å². The van der Waals surface area contributed by atoms with Crippen LogP contribution >= 0.6 is 11.6 Å². The number of amides is 3. The van der Waals surface area contributed by atoms with Gasteiger partial charge in [0.2, 0.25) is 11.8 Å². The number of nitrogens with zero attached hydrogens (tertiary/aromatic N) is 1. The molecule has 4 N–H and O–H groups in total. The van der Waals surface area contributed by atoms with Gasteiger partial charge in [-0.25, -0.2) is 0 Å². The molecule has 2 aromatic rings. The zero-order chi connectivity index (χ0) is 22.8. The van der Waals surface area contributed by atoms with Crippen molar-refractivity contribution in [2.24, 2.45) is 0 Å². The number of hydrogen-bond acceptors (Lipinski definition) is 6. The van der Waals surface area contributed by atoms with Gasteiger partial charge >= 0.3 is 0 Å². The van der Waals surface area contributed by atoms with Crippen molar-refractivity contribution in [2.75, 3.05) is 5.32 Å². The van der Waals surface area contributed by atoms with E-state index in [1.165, 1.54) is 4.90 Å². The molecule has 1 fully saturated rings.